The van der Waals surface area contributed by atoms with Crippen LogP contribution in [-0.2, 0) is 0 Å². The molecule has 0 atom stereocenters. The molecule has 8 aromatic rings. The minimum atomic E-state index is -0.892. The van der Waals surface area contributed by atoms with Crippen molar-refractivity contribution in [1.82, 2.24) is 4.98 Å². The molecule has 0 spiro atoms. The molecule has 254 valence electrons. The zero-order chi connectivity index (χ0) is 35.8. The molecule has 0 saturated heterocycles. The Kier molecular flexibility index (Phi) is 8.17. The predicted molar refractivity (Wildman–Crippen MR) is 218 cm³/mol. The molecule has 0 saturated carbocycles. The van der Waals surface area contributed by atoms with Gasteiger partial charge in [0.1, 0.15) is 11.5 Å². The van der Waals surface area contributed by atoms with E-state index in [1.807, 2.05) is 26.0 Å². The Morgan fingerprint density at radius 2 is 0.736 bits per heavy atom. The van der Waals surface area contributed by atoms with Crippen molar-refractivity contribution >= 4 is 0 Å². The lowest BCUT2D eigenvalue weighted by molar-refractivity contribution is -0.0778. The van der Waals surface area contributed by atoms with E-state index in [-0.39, 0.29) is 0 Å². The van der Waals surface area contributed by atoms with Crippen LogP contribution in [0.25, 0.3) is 78.1 Å². The zero-order valence-corrected chi connectivity index (χ0v) is 29.7. The minimum absolute atomic E-state index is 0.769. The molecule has 0 unspecified atom stereocenters. The maximum atomic E-state index is 6.68. The highest BCUT2D eigenvalue weighted by atomic mass is 16.7. The summed E-state index contributed by atoms with van der Waals surface area (Å²) < 4.78 is 13.3. The Balaban J connectivity index is 1.17. The van der Waals surface area contributed by atoms with Crippen LogP contribution in [0.3, 0.4) is 0 Å². The fraction of sp³-hybridized carbons (Fsp3) is 0.0600. The third kappa shape index (κ3) is 6.61. The summed E-state index contributed by atoms with van der Waals surface area (Å²) in [5.74, 6) is 0.663. The Bertz CT molecular complexity index is 2450. The fourth-order valence-electron chi connectivity index (χ4n) is 7.17. The second-order valence-electron chi connectivity index (χ2n) is 13.9. The molecule has 0 amide bonds. The first-order chi connectivity index (χ1) is 26.0. The minimum Gasteiger partial charge on any atom is -0.452 e. The van der Waals surface area contributed by atoms with E-state index in [4.69, 9.17) is 14.5 Å². The molecular formula is C50H37NO2. The number of fused-ring (bicyclic) bond motifs is 3. The van der Waals surface area contributed by atoms with Gasteiger partial charge < -0.3 is 9.47 Å². The smallest absolute Gasteiger partial charge is 0.245 e. The molecule has 53 heavy (non-hydrogen) atoms. The number of hydrogen-bond donors (Lipinski definition) is 0. The molecular weight excluding hydrogens is 647 g/mol. The van der Waals surface area contributed by atoms with Gasteiger partial charge in [-0.3, -0.25) is 0 Å². The van der Waals surface area contributed by atoms with Crippen molar-refractivity contribution < 1.29 is 9.47 Å². The van der Waals surface area contributed by atoms with Crippen molar-refractivity contribution in [3.05, 3.63) is 188 Å². The van der Waals surface area contributed by atoms with Crippen LogP contribution in [0.2, 0.25) is 0 Å². The Labute approximate surface area is 310 Å². The molecule has 0 aliphatic carbocycles. The van der Waals surface area contributed by atoms with Crippen molar-refractivity contribution in [2.75, 3.05) is 0 Å². The first-order valence-electron chi connectivity index (χ1n) is 18.0. The summed E-state index contributed by atoms with van der Waals surface area (Å²) in [6.07, 6.45) is 0. The molecule has 3 nitrogen and oxygen atoms in total. The van der Waals surface area contributed by atoms with Crippen LogP contribution >= 0.6 is 0 Å². The molecule has 0 N–H and O–H groups in total. The Hall–Kier alpha value is -6.71. The van der Waals surface area contributed by atoms with Crippen LogP contribution in [0.15, 0.2) is 188 Å². The van der Waals surface area contributed by atoms with Gasteiger partial charge in [-0.1, -0.05) is 133 Å². The van der Waals surface area contributed by atoms with E-state index < -0.39 is 5.79 Å². The van der Waals surface area contributed by atoms with Gasteiger partial charge in [-0.2, -0.15) is 0 Å². The molecule has 7 aromatic carbocycles. The van der Waals surface area contributed by atoms with Crippen LogP contribution in [-0.4, -0.2) is 10.8 Å². The molecule has 1 aromatic heterocycles. The van der Waals surface area contributed by atoms with Gasteiger partial charge >= 0.3 is 0 Å². The summed E-state index contributed by atoms with van der Waals surface area (Å²) in [7, 11) is 0. The van der Waals surface area contributed by atoms with Crippen LogP contribution in [0.1, 0.15) is 13.8 Å². The van der Waals surface area contributed by atoms with Gasteiger partial charge in [0.05, 0.1) is 11.4 Å². The van der Waals surface area contributed by atoms with Gasteiger partial charge in [0, 0.05) is 36.1 Å². The van der Waals surface area contributed by atoms with Gasteiger partial charge in [-0.25, -0.2) is 4.98 Å². The van der Waals surface area contributed by atoms with E-state index >= 15 is 0 Å². The number of nitrogens with zero attached hydrogens (tertiary/aromatic N) is 1. The van der Waals surface area contributed by atoms with E-state index in [1.54, 1.807) is 0 Å². The van der Waals surface area contributed by atoms with Gasteiger partial charge in [0.15, 0.2) is 0 Å². The van der Waals surface area contributed by atoms with Gasteiger partial charge in [0.25, 0.3) is 0 Å². The summed E-state index contributed by atoms with van der Waals surface area (Å²) in [5.41, 5.74) is 15.0. The third-order valence-electron chi connectivity index (χ3n) is 9.74. The maximum Gasteiger partial charge on any atom is 0.245 e. The van der Waals surface area contributed by atoms with Crippen LogP contribution < -0.4 is 9.47 Å². The normalized spacial score (nSPS) is 12.8. The van der Waals surface area contributed by atoms with Crippen molar-refractivity contribution in [3.8, 4) is 89.6 Å². The molecule has 0 bridgehead atoms. The second kappa shape index (κ2) is 13.4. The highest BCUT2D eigenvalue weighted by Gasteiger charge is 2.30. The number of hydrogen-bond acceptors (Lipinski definition) is 3. The molecule has 1 aliphatic heterocycles. The van der Waals surface area contributed by atoms with Crippen molar-refractivity contribution in [3.63, 3.8) is 0 Å². The Morgan fingerprint density at radius 3 is 1.26 bits per heavy atom. The molecule has 9 rings (SSSR count). The summed E-state index contributed by atoms with van der Waals surface area (Å²) in [5, 5.41) is 0. The summed E-state index contributed by atoms with van der Waals surface area (Å²) in [4.78, 5) is 5.09. The largest absolute Gasteiger partial charge is 0.452 e. The first-order valence-corrected chi connectivity index (χ1v) is 18.0. The van der Waals surface area contributed by atoms with E-state index in [1.165, 1.54) is 22.3 Å². The number of benzene rings is 7. The fourth-order valence-corrected chi connectivity index (χ4v) is 7.17. The SMILES string of the molecule is CC1(C)Oc2cc(-c3cc(-c4ccccc4)nc(-c4ccccc4)c3)ccc2-c2cc(-c3cc(-c4ccccc4)cc(-c4ccccc4)c3)ccc2O1. The zero-order valence-electron chi connectivity index (χ0n) is 29.7. The monoisotopic (exact) mass is 683 g/mol. The highest BCUT2D eigenvalue weighted by molar-refractivity contribution is 5.87. The topological polar surface area (TPSA) is 31.4 Å². The van der Waals surface area contributed by atoms with Crippen LogP contribution in [0.5, 0.6) is 11.5 Å². The maximum absolute atomic E-state index is 6.68. The van der Waals surface area contributed by atoms with Gasteiger partial charge in [-0.05, 0) is 99.1 Å². The van der Waals surface area contributed by atoms with Crippen molar-refractivity contribution in [2.45, 2.75) is 19.6 Å². The molecule has 2 heterocycles. The molecule has 0 fully saturated rings. The van der Waals surface area contributed by atoms with Crippen molar-refractivity contribution in [2.24, 2.45) is 0 Å². The van der Waals surface area contributed by atoms with E-state index in [0.29, 0.717) is 0 Å². The number of aromatic nitrogens is 1. The summed E-state index contributed by atoms with van der Waals surface area (Å²) in [6, 6.07) is 66.0. The highest BCUT2D eigenvalue weighted by Crippen LogP contribution is 2.46. The lowest BCUT2D eigenvalue weighted by atomic mass is 9.91. The molecule has 1 aliphatic rings. The molecule has 0 radical (unpaired) electrons. The first kappa shape index (κ1) is 32.2. The number of rotatable bonds is 6. The standard InChI is InChI=1S/C50H37NO2/c1-50(2)52-48-26-24-38(42-28-40(34-15-7-3-8-16-34)27-41(29-42)35-17-9-4-10-18-35)30-45(48)44-25-23-39(33-49(44)53-50)43-31-46(36-19-11-5-12-20-36)51-47(32-43)37-21-13-6-14-22-37/h3-33H,1-2H3. The Morgan fingerprint density at radius 1 is 0.321 bits per heavy atom. The quantitative estimate of drug-likeness (QED) is 0.175. The predicted octanol–water partition coefficient (Wildman–Crippen LogP) is 13.3. The van der Waals surface area contributed by atoms with Gasteiger partial charge in [-0.15, -0.1) is 0 Å². The van der Waals surface area contributed by atoms with Crippen molar-refractivity contribution in [1.29, 1.82) is 0 Å². The average molecular weight is 684 g/mol. The number of ether oxygens (including phenoxy) is 2. The lowest BCUT2D eigenvalue weighted by Crippen LogP contribution is -2.34. The average Bonchev–Trinajstić information content (AvgIpc) is 3.33. The summed E-state index contributed by atoms with van der Waals surface area (Å²) >= 11 is 0. The lowest BCUT2D eigenvalue weighted by Gasteiger charge is -2.26. The van der Waals surface area contributed by atoms with Gasteiger partial charge in [0.2, 0.25) is 5.79 Å². The molecule has 3 heteroatoms. The van der Waals surface area contributed by atoms with E-state index in [9.17, 15) is 0 Å². The second-order valence-corrected chi connectivity index (χ2v) is 13.9. The van der Waals surface area contributed by atoms with Crippen LogP contribution in [0.4, 0.5) is 0 Å². The van der Waals surface area contributed by atoms with Crippen LogP contribution in [0, 0.1) is 0 Å². The van der Waals surface area contributed by atoms with E-state index in [0.717, 1.165) is 67.4 Å². The van der Waals surface area contributed by atoms with E-state index in [2.05, 4.69) is 176 Å². The summed E-state index contributed by atoms with van der Waals surface area (Å²) in [6.45, 7) is 3.94. The number of pyridine rings is 1. The third-order valence-corrected chi connectivity index (χ3v) is 9.74.